The molecule has 4 rings (SSSR count). The fraction of sp³-hybridized carbons (Fsp3) is 0.217. The zero-order valence-electron chi connectivity index (χ0n) is 15.9. The van der Waals surface area contributed by atoms with Gasteiger partial charge in [-0.05, 0) is 60.2 Å². The molecule has 28 heavy (non-hydrogen) atoms. The Morgan fingerprint density at radius 1 is 1.11 bits per heavy atom. The topological polar surface area (TPSA) is 49.4 Å². The van der Waals surface area contributed by atoms with Crippen molar-refractivity contribution in [3.63, 3.8) is 0 Å². The summed E-state index contributed by atoms with van der Waals surface area (Å²) in [4.78, 5) is 28.6. The summed E-state index contributed by atoms with van der Waals surface area (Å²) < 4.78 is 0. The van der Waals surface area contributed by atoms with Gasteiger partial charge in [0.25, 0.3) is 5.91 Å². The van der Waals surface area contributed by atoms with Crippen molar-refractivity contribution < 1.29 is 9.59 Å². The molecule has 1 aromatic heterocycles. The first kappa shape index (κ1) is 18.4. The minimum absolute atomic E-state index is 0.00650. The molecule has 5 heteroatoms. The van der Waals surface area contributed by atoms with Crippen molar-refractivity contribution in [2.45, 2.75) is 32.9 Å². The summed E-state index contributed by atoms with van der Waals surface area (Å²) in [6.45, 7) is 4.61. The van der Waals surface area contributed by atoms with Crippen molar-refractivity contribution in [2.24, 2.45) is 0 Å². The van der Waals surface area contributed by atoms with E-state index in [1.54, 1.807) is 11.3 Å². The van der Waals surface area contributed by atoms with Gasteiger partial charge >= 0.3 is 0 Å². The maximum atomic E-state index is 13.0. The molecule has 0 saturated carbocycles. The second-order valence-corrected chi connectivity index (χ2v) is 8.15. The number of hydrogen-bond donors (Lipinski definition) is 1. The second-order valence-electron chi connectivity index (χ2n) is 7.17. The first-order valence-electron chi connectivity index (χ1n) is 9.32. The molecule has 1 aliphatic heterocycles. The minimum Gasteiger partial charge on any atom is -0.326 e. The third kappa shape index (κ3) is 3.58. The summed E-state index contributed by atoms with van der Waals surface area (Å²) in [5.41, 5.74) is 4.86. The Bertz CT molecular complexity index is 1030. The molecule has 2 heterocycles. The van der Waals surface area contributed by atoms with Crippen LogP contribution in [0.4, 0.5) is 5.69 Å². The molecule has 0 radical (unpaired) electrons. The molecule has 4 nitrogen and oxygen atoms in total. The number of thiophene rings is 1. The van der Waals surface area contributed by atoms with Gasteiger partial charge in [-0.2, -0.15) is 0 Å². The SMILES string of the molecule is Cc1ccc(NC(=O)CC(c2cccs2)N2Cc3ccccc3C2=O)cc1C. The van der Waals surface area contributed by atoms with Gasteiger partial charge in [0.15, 0.2) is 0 Å². The van der Waals surface area contributed by atoms with Crippen LogP contribution in [-0.2, 0) is 11.3 Å². The number of aryl methyl sites for hydroxylation is 2. The summed E-state index contributed by atoms with van der Waals surface area (Å²) in [5.74, 6) is -0.0987. The lowest BCUT2D eigenvalue weighted by Crippen LogP contribution is -2.31. The van der Waals surface area contributed by atoms with Gasteiger partial charge in [-0.15, -0.1) is 11.3 Å². The van der Waals surface area contributed by atoms with E-state index >= 15 is 0 Å². The molecule has 3 aromatic rings. The average molecular weight is 391 g/mol. The van der Waals surface area contributed by atoms with E-state index in [-0.39, 0.29) is 24.3 Å². The number of benzene rings is 2. The summed E-state index contributed by atoms with van der Waals surface area (Å²) in [5, 5.41) is 4.97. The summed E-state index contributed by atoms with van der Waals surface area (Å²) in [6, 6.07) is 17.2. The van der Waals surface area contributed by atoms with Gasteiger partial charge in [-0.1, -0.05) is 30.3 Å². The third-order valence-corrected chi connectivity index (χ3v) is 6.24. The molecule has 0 saturated heterocycles. The van der Waals surface area contributed by atoms with E-state index in [1.807, 2.05) is 78.7 Å². The quantitative estimate of drug-likeness (QED) is 0.660. The monoisotopic (exact) mass is 390 g/mol. The van der Waals surface area contributed by atoms with Crippen LogP contribution in [0, 0.1) is 13.8 Å². The van der Waals surface area contributed by atoms with E-state index < -0.39 is 0 Å². The fourth-order valence-electron chi connectivity index (χ4n) is 3.58. The van der Waals surface area contributed by atoms with Gasteiger partial charge < -0.3 is 10.2 Å². The van der Waals surface area contributed by atoms with Crippen LogP contribution in [0.1, 0.15) is 44.4 Å². The smallest absolute Gasteiger partial charge is 0.255 e. The highest BCUT2D eigenvalue weighted by molar-refractivity contribution is 7.10. The largest absolute Gasteiger partial charge is 0.326 e. The lowest BCUT2D eigenvalue weighted by Gasteiger charge is -2.26. The zero-order chi connectivity index (χ0) is 19.7. The number of carbonyl (C=O) groups excluding carboxylic acids is 2. The molecule has 2 aromatic carbocycles. The molecule has 1 N–H and O–H groups in total. The zero-order valence-corrected chi connectivity index (χ0v) is 16.8. The minimum atomic E-state index is -0.272. The van der Waals surface area contributed by atoms with E-state index in [9.17, 15) is 9.59 Å². The number of anilines is 1. The Morgan fingerprint density at radius 3 is 2.64 bits per heavy atom. The number of nitrogens with zero attached hydrogens (tertiary/aromatic N) is 1. The number of nitrogens with one attached hydrogen (secondary N) is 1. The molecule has 0 aliphatic carbocycles. The van der Waals surface area contributed by atoms with E-state index in [0.29, 0.717) is 6.54 Å². The lowest BCUT2D eigenvalue weighted by molar-refractivity contribution is -0.117. The van der Waals surface area contributed by atoms with Crippen LogP contribution < -0.4 is 5.32 Å². The van der Waals surface area contributed by atoms with Gasteiger partial charge in [-0.3, -0.25) is 9.59 Å². The number of carbonyl (C=O) groups is 2. The van der Waals surface area contributed by atoms with Crippen LogP contribution in [0.25, 0.3) is 0 Å². The maximum Gasteiger partial charge on any atom is 0.255 e. The number of amides is 2. The van der Waals surface area contributed by atoms with Crippen LogP contribution >= 0.6 is 11.3 Å². The predicted molar refractivity (Wildman–Crippen MR) is 113 cm³/mol. The molecule has 1 unspecified atom stereocenters. The maximum absolute atomic E-state index is 13.0. The third-order valence-electron chi connectivity index (χ3n) is 5.27. The van der Waals surface area contributed by atoms with Crippen molar-refractivity contribution in [3.05, 3.63) is 87.1 Å². The van der Waals surface area contributed by atoms with E-state index in [1.165, 1.54) is 5.56 Å². The van der Waals surface area contributed by atoms with Gasteiger partial charge in [-0.25, -0.2) is 0 Å². The molecular weight excluding hydrogens is 368 g/mol. The van der Waals surface area contributed by atoms with E-state index in [0.717, 1.165) is 27.3 Å². The Labute approximate surface area is 168 Å². The van der Waals surface area contributed by atoms with Crippen molar-refractivity contribution in [1.29, 1.82) is 0 Å². The highest BCUT2D eigenvalue weighted by Crippen LogP contribution is 2.35. The van der Waals surface area contributed by atoms with Crippen LogP contribution in [0.2, 0.25) is 0 Å². The lowest BCUT2D eigenvalue weighted by atomic mass is 10.1. The van der Waals surface area contributed by atoms with Gasteiger partial charge in [0.05, 0.1) is 12.5 Å². The highest BCUT2D eigenvalue weighted by atomic mass is 32.1. The summed E-state index contributed by atoms with van der Waals surface area (Å²) >= 11 is 1.58. The van der Waals surface area contributed by atoms with E-state index in [2.05, 4.69) is 5.32 Å². The standard InChI is InChI=1S/C23H22N2O2S/c1-15-9-10-18(12-16(15)2)24-22(26)13-20(21-8-5-11-28-21)25-14-17-6-3-4-7-19(17)23(25)27/h3-12,20H,13-14H2,1-2H3,(H,24,26). The normalized spacial score (nSPS) is 14.1. The van der Waals surface area contributed by atoms with Crippen LogP contribution in [0.3, 0.4) is 0 Å². The Hall–Kier alpha value is -2.92. The highest BCUT2D eigenvalue weighted by Gasteiger charge is 2.34. The number of rotatable bonds is 5. The molecule has 0 spiro atoms. The number of fused-ring (bicyclic) bond motifs is 1. The Kier molecular flexibility index (Phi) is 5.01. The van der Waals surface area contributed by atoms with E-state index in [4.69, 9.17) is 0 Å². The Balaban J connectivity index is 1.55. The predicted octanol–water partition coefficient (Wildman–Crippen LogP) is 5.09. The average Bonchev–Trinajstić information content (AvgIpc) is 3.32. The molecule has 1 atom stereocenters. The van der Waals surface area contributed by atoms with Gasteiger partial charge in [0.1, 0.15) is 0 Å². The summed E-state index contributed by atoms with van der Waals surface area (Å²) in [7, 11) is 0. The second kappa shape index (κ2) is 7.60. The van der Waals surface area contributed by atoms with Crippen LogP contribution in [0.15, 0.2) is 60.0 Å². The first-order chi connectivity index (χ1) is 13.5. The Morgan fingerprint density at radius 2 is 1.93 bits per heavy atom. The molecule has 0 bridgehead atoms. The molecule has 2 amide bonds. The molecule has 0 fully saturated rings. The molecular formula is C23H22N2O2S. The van der Waals surface area contributed by atoms with Crippen molar-refractivity contribution >= 4 is 28.8 Å². The van der Waals surface area contributed by atoms with Crippen LogP contribution in [0.5, 0.6) is 0 Å². The van der Waals surface area contributed by atoms with Crippen molar-refractivity contribution in [1.82, 2.24) is 4.90 Å². The first-order valence-corrected chi connectivity index (χ1v) is 10.2. The van der Waals surface area contributed by atoms with Gasteiger partial charge in [0.2, 0.25) is 5.91 Å². The molecule has 1 aliphatic rings. The molecule has 142 valence electrons. The fourth-order valence-corrected chi connectivity index (χ4v) is 4.42. The number of hydrogen-bond acceptors (Lipinski definition) is 3. The van der Waals surface area contributed by atoms with Gasteiger partial charge in [0, 0.05) is 22.7 Å². The van der Waals surface area contributed by atoms with Crippen LogP contribution in [-0.4, -0.2) is 16.7 Å². The summed E-state index contributed by atoms with van der Waals surface area (Å²) in [6.07, 6.45) is 0.229. The van der Waals surface area contributed by atoms with Crippen molar-refractivity contribution in [2.75, 3.05) is 5.32 Å². The van der Waals surface area contributed by atoms with Crippen molar-refractivity contribution in [3.8, 4) is 0 Å².